The van der Waals surface area contributed by atoms with Crippen molar-refractivity contribution in [3.05, 3.63) is 57.2 Å². The highest BCUT2D eigenvalue weighted by molar-refractivity contribution is 6.31. The summed E-state index contributed by atoms with van der Waals surface area (Å²) in [6.45, 7) is 4.13. The molecule has 5 heterocycles. The van der Waals surface area contributed by atoms with Crippen molar-refractivity contribution in [2.75, 3.05) is 13.2 Å². The molecule has 2 saturated heterocycles. The number of aromatic nitrogens is 3. The zero-order valence-electron chi connectivity index (χ0n) is 20.6. The molecule has 2 fully saturated rings. The topological polar surface area (TPSA) is 83.2 Å². The van der Waals surface area contributed by atoms with E-state index >= 15 is 0 Å². The van der Waals surface area contributed by atoms with Gasteiger partial charge in [-0.15, -0.1) is 0 Å². The van der Waals surface area contributed by atoms with E-state index in [0.29, 0.717) is 48.7 Å². The van der Waals surface area contributed by atoms with E-state index in [4.69, 9.17) is 16.3 Å². The van der Waals surface area contributed by atoms with Crippen molar-refractivity contribution in [2.24, 2.45) is 0 Å². The standard InChI is InChI=1S/C26H28ClF2N5O3/c1-13-24(27)14(2)34-25(30-13)19-11-32(12-20(19)31-34)26(36)18-4-3-15(29)7-23(18)37-17-8-16-9-22(35)21(10-17)33(16)6-5-28/h3-4,7,16-17,21-22,35H,5-6,8-12H2,1-2H3. The highest BCUT2D eigenvalue weighted by atomic mass is 35.5. The van der Waals surface area contributed by atoms with Crippen LogP contribution in [0.1, 0.15) is 52.3 Å². The predicted molar refractivity (Wildman–Crippen MR) is 132 cm³/mol. The number of carbonyl (C=O) groups is 1. The molecule has 0 radical (unpaired) electrons. The fourth-order valence-electron chi connectivity index (χ4n) is 6.18. The molecule has 6 rings (SSSR count). The molecule has 4 atom stereocenters. The number of alkyl halides is 1. The fourth-order valence-corrected chi connectivity index (χ4v) is 6.30. The van der Waals surface area contributed by atoms with Gasteiger partial charge in [0.15, 0.2) is 5.65 Å². The van der Waals surface area contributed by atoms with Gasteiger partial charge in [0.1, 0.15) is 24.3 Å². The Labute approximate surface area is 217 Å². The van der Waals surface area contributed by atoms with E-state index in [1.54, 1.807) is 9.42 Å². The van der Waals surface area contributed by atoms with Gasteiger partial charge in [-0.2, -0.15) is 5.10 Å². The zero-order valence-corrected chi connectivity index (χ0v) is 21.4. The Morgan fingerprint density at radius 2 is 2.05 bits per heavy atom. The summed E-state index contributed by atoms with van der Waals surface area (Å²) >= 11 is 6.34. The lowest BCUT2D eigenvalue weighted by Gasteiger charge is -2.38. The number of piperidine rings is 1. The molecule has 1 amide bonds. The Hall–Kier alpha value is -2.82. The summed E-state index contributed by atoms with van der Waals surface area (Å²) in [7, 11) is 0. The summed E-state index contributed by atoms with van der Waals surface area (Å²) in [4.78, 5) is 21.8. The molecule has 8 nitrogen and oxygen atoms in total. The highest BCUT2D eigenvalue weighted by Gasteiger charge is 2.46. The van der Waals surface area contributed by atoms with Crippen LogP contribution in [-0.2, 0) is 13.1 Å². The summed E-state index contributed by atoms with van der Waals surface area (Å²) in [5, 5.41) is 15.6. The monoisotopic (exact) mass is 531 g/mol. The fraction of sp³-hybridized carbons (Fsp3) is 0.500. The number of aliphatic hydroxyl groups excluding tert-OH is 1. The van der Waals surface area contributed by atoms with Crippen LogP contribution in [0.5, 0.6) is 5.75 Å². The number of benzene rings is 1. The van der Waals surface area contributed by atoms with Crippen LogP contribution in [0.2, 0.25) is 5.02 Å². The number of carbonyl (C=O) groups excluding carboxylic acids is 1. The van der Waals surface area contributed by atoms with E-state index in [-0.39, 0.29) is 42.0 Å². The molecule has 3 aromatic rings. The van der Waals surface area contributed by atoms with Crippen molar-refractivity contribution in [3.63, 3.8) is 0 Å². The van der Waals surface area contributed by atoms with Crippen LogP contribution in [0.15, 0.2) is 18.2 Å². The van der Waals surface area contributed by atoms with Gasteiger partial charge in [0.2, 0.25) is 0 Å². The van der Waals surface area contributed by atoms with Crippen LogP contribution in [0.25, 0.3) is 5.65 Å². The van der Waals surface area contributed by atoms with Crippen molar-refractivity contribution >= 4 is 23.2 Å². The van der Waals surface area contributed by atoms with Crippen LogP contribution in [0.4, 0.5) is 8.78 Å². The lowest BCUT2D eigenvalue weighted by atomic mass is 9.99. The third-order valence-corrected chi connectivity index (χ3v) is 8.49. The molecule has 0 aliphatic carbocycles. The first-order valence-electron chi connectivity index (χ1n) is 12.5. The Kier molecular flexibility index (Phi) is 6.08. The Balaban J connectivity index is 1.23. The van der Waals surface area contributed by atoms with E-state index in [0.717, 1.165) is 17.0 Å². The molecule has 1 aromatic carbocycles. The van der Waals surface area contributed by atoms with Crippen LogP contribution in [0.3, 0.4) is 0 Å². The molecule has 3 aliphatic rings. The second-order valence-corrected chi connectivity index (χ2v) is 10.6. The molecule has 0 saturated carbocycles. The highest BCUT2D eigenvalue weighted by Crippen LogP contribution is 2.38. The number of aliphatic hydroxyl groups is 1. The average molecular weight is 532 g/mol. The number of hydrogen-bond acceptors (Lipinski definition) is 6. The van der Waals surface area contributed by atoms with Crippen LogP contribution in [0, 0.1) is 19.7 Å². The van der Waals surface area contributed by atoms with E-state index in [2.05, 4.69) is 10.1 Å². The maximum absolute atomic E-state index is 14.3. The van der Waals surface area contributed by atoms with Gasteiger partial charge in [0.25, 0.3) is 5.91 Å². The normalized spacial score (nSPS) is 25.2. The summed E-state index contributed by atoms with van der Waals surface area (Å²) in [5.41, 5.74) is 4.06. The van der Waals surface area contributed by atoms with Gasteiger partial charge in [0, 0.05) is 36.7 Å². The first-order chi connectivity index (χ1) is 17.7. The first kappa shape index (κ1) is 24.5. The Morgan fingerprint density at radius 1 is 1.24 bits per heavy atom. The SMILES string of the molecule is Cc1nc2c3c(nn2c(C)c1Cl)CN(C(=O)c1ccc(F)cc1OC1CC2CC(O)C(C1)N2CCF)C3. The number of nitrogens with zero attached hydrogens (tertiary/aromatic N) is 5. The first-order valence-corrected chi connectivity index (χ1v) is 12.9. The summed E-state index contributed by atoms with van der Waals surface area (Å²) < 4.78 is 35.2. The molecular formula is C26H28ClF2N5O3. The van der Waals surface area contributed by atoms with Crippen LogP contribution < -0.4 is 4.74 Å². The summed E-state index contributed by atoms with van der Waals surface area (Å²) in [6.07, 6.45) is 0.776. The molecule has 2 bridgehead atoms. The lowest BCUT2D eigenvalue weighted by molar-refractivity contribution is 0.0219. The minimum atomic E-state index is -0.544. The average Bonchev–Trinajstić information content (AvgIpc) is 3.47. The van der Waals surface area contributed by atoms with Crippen molar-refractivity contribution in [3.8, 4) is 5.75 Å². The summed E-state index contributed by atoms with van der Waals surface area (Å²) in [5.74, 6) is -0.608. The third kappa shape index (κ3) is 4.06. The largest absolute Gasteiger partial charge is 0.489 e. The second-order valence-electron chi connectivity index (χ2n) is 10.2. The second kappa shape index (κ2) is 9.18. The zero-order chi connectivity index (χ0) is 26.0. The number of hydrogen-bond donors (Lipinski definition) is 1. The van der Waals surface area contributed by atoms with E-state index in [9.17, 15) is 18.7 Å². The predicted octanol–water partition coefficient (Wildman–Crippen LogP) is 3.61. The third-order valence-electron chi connectivity index (χ3n) is 7.95. The van der Waals surface area contributed by atoms with Gasteiger partial charge in [-0.1, -0.05) is 11.6 Å². The number of halogens is 3. The van der Waals surface area contributed by atoms with Crippen LogP contribution >= 0.6 is 11.6 Å². The van der Waals surface area contributed by atoms with Crippen molar-refractivity contribution in [2.45, 2.75) is 70.5 Å². The maximum atomic E-state index is 14.3. The summed E-state index contributed by atoms with van der Waals surface area (Å²) in [6, 6.07) is 3.73. The Bertz CT molecular complexity index is 1400. The number of rotatable bonds is 5. The van der Waals surface area contributed by atoms with E-state index in [1.165, 1.54) is 18.2 Å². The minimum absolute atomic E-state index is 0.0000594. The number of aryl methyl sites for hydroxylation is 2. The van der Waals surface area contributed by atoms with E-state index in [1.807, 2.05) is 18.7 Å². The smallest absolute Gasteiger partial charge is 0.258 e. The van der Waals surface area contributed by atoms with Crippen LogP contribution in [-0.4, -0.2) is 72.9 Å². The molecular weight excluding hydrogens is 504 g/mol. The number of fused-ring (bicyclic) bond motifs is 5. The molecule has 1 N–H and O–H groups in total. The van der Waals surface area contributed by atoms with Gasteiger partial charge < -0.3 is 14.7 Å². The van der Waals surface area contributed by atoms with Gasteiger partial charge in [0.05, 0.1) is 46.9 Å². The van der Waals surface area contributed by atoms with Gasteiger partial charge >= 0.3 is 0 Å². The lowest BCUT2D eigenvalue weighted by Crippen LogP contribution is -2.49. The number of ether oxygens (including phenoxy) is 1. The van der Waals surface area contributed by atoms with Crippen molar-refractivity contribution in [1.82, 2.24) is 24.4 Å². The van der Waals surface area contributed by atoms with Gasteiger partial charge in [-0.3, -0.25) is 9.69 Å². The Morgan fingerprint density at radius 3 is 2.81 bits per heavy atom. The molecule has 196 valence electrons. The minimum Gasteiger partial charge on any atom is -0.489 e. The molecule has 37 heavy (non-hydrogen) atoms. The molecule has 0 spiro atoms. The van der Waals surface area contributed by atoms with Gasteiger partial charge in [-0.05, 0) is 38.8 Å². The van der Waals surface area contributed by atoms with Gasteiger partial charge in [-0.25, -0.2) is 18.3 Å². The van der Waals surface area contributed by atoms with E-state index < -0.39 is 18.6 Å². The van der Waals surface area contributed by atoms with Crippen molar-refractivity contribution in [1.29, 1.82) is 0 Å². The molecule has 3 aliphatic heterocycles. The molecule has 11 heteroatoms. The van der Waals surface area contributed by atoms with Crippen molar-refractivity contribution < 1.29 is 23.4 Å². The quantitative estimate of drug-likeness (QED) is 0.541. The number of amides is 1. The molecule has 2 aromatic heterocycles. The molecule has 4 unspecified atom stereocenters. The maximum Gasteiger partial charge on any atom is 0.258 e.